The molecule has 0 radical (unpaired) electrons. The van der Waals surface area contributed by atoms with Crippen molar-refractivity contribution in [3.05, 3.63) is 23.3 Å². The molecular weight excluding hydrogens is 356 g/mol. The normalized spacial score (nSPS) is 40.8. The maximum atomic E-state index is 12.3. The van der Waals surface area contributed by atoms with Gasteiger partial charge < -0.3 is 25.1 Å². The minimum absolute atomic E-state index is 0.0652. The van der Waals surface area contributed by atoms with Crippen LogP contribution in [0, 0.1) is 5.92 Å². The molecule has 6 heteroatoms. The molecule has 3 N–H and O–H groups in total. The summed E-state index contributed by atoms with van der Waals surface area (Å²) in [5.41, 5.74) is 7.86. The van der Waals surface area contributed by atoms with Crippen molar-refractivity contribution in [2.75, 3.05) is 27.0 Å². The van der Waals surface area contributed by atoms with Gasteiger partial charge in [0.25, 0.3) is 0 Å². The molecule has 3 fully saturated rings. The molecule has 2 bridgehead atoms. The molecule has 5 atom stereocenters. The Labute approximate surface area is 165 Å². The number of rotatable bonds is 5. The van der Waals surface area contributed by atoms with Crippen molar-refractivity contribution >= 4 is 0 Å². The lowest BCUT2D eigenvalue weighted by atomic mass is 9.48. The molecule has 1 saturated heterocycles. The number of likely N-dealkylation sites (tertiary alicyclic amines) is 1. The van der Waals surface area contributed by atoms with Gasteiger partial charge in [0.05, 0.1) is 11.0 Å². The van der Waals surface area contributed by atoms with Gasteiger partial charge in [-0.1, -0.05) is 6.07 Å². The Hall–Kier alpha value is -1.34. The standard InChI is InChI=1S/C22H30N2O4/c1-26-12-27-16-5-4-14-10-17-22(25)7-6-15(23)20-21(22,18(14)19(16)28-20)8-9-24(17)11-13-2-3-13/h4-5,13,15,17,20,25H,2-3,6-12,23H2,1H3/t15-,17-,20+,21+,22?/m1/s1. The van der Waals surface area contributed by atoms with E-state index < -0.39 is 11.0 Å². The van der Waals surface area contributed by atoms with Gasteiger partial charge in [0.1, 0.15) is 6.10 Å². The average molecular weight is 386 g/mol. The fourth-order valence-corrected chi connectivity index (χ4v) is 6.75. The van der Waals surface area contributed by atoms with Gasteiger partial charge in [0.2, 0.25) is 0 Å². The number of nitrogens with two attached hydrogens (primary N) is 1. The quantitative estimate of drug-likeness (QED) is 0.748. The van der Waals surface area contributed by atoms with Crippen LogP contribution in [0.1, 0.15) is 43.2 Å². The van der Waals surface area contributed by atoms with Gasteiger partial charge in [0, 0.05) is 31.3 Å². The third kappa shape index (κ3) is 2.07. The number of methoxy groups -OCH3 is 1. The van der Waals surface area contributed by atoms with Crippen molar-refractivity contribution in [2.45, 2.75) is 67.7 Å². The highest BCUT2D eigenvalue weighted by Gasteiger charge is 2.72. The van der Waals surface area contributed by atoms with Crippen molar-refractivity contribution in [3.63, 3.8) is 0 Å². The lowest BCUT2D eigenvalue weighted by molar-refractivity contribution is -0.189. The van der Waals surface area contributed by atoms with Crippen LogP contribution in [-0.4, -0.2) is 60.8 Å². The van der Waals surface area contributed by atoms with Gasteiger partial charge in [-0.2, -0.15) is 0 Å². The number of aliphatic hydroxyl groups is 1. The third-order valence-electron chi connectivity index (χ3n) is 8.13. The molecule has 28 heavy (non-hydrogen) atoms. The molecular formula is C22H30N2O4. The highest BCUT2D eigenvalue weighted by Crippen LogP contribution is 2.65. The van der Waals surface area contributed by atoms with E-state index in [1.165, 1.54) is 24.0 Å². The van der Waals surface area contributed by atoms with Crippen LogP contribution in [0.5, 0.6) is 11.5 Å². The van der Waals surface area contributed by atoms with Gasteiger partial charge in [-0.25, -0.2) is 0 Å². The minimum Gasteiger partial charge on any atom is -0.484 e. The first-order chi connectivity index (χ1) is 13.6. The van der Waals surface area contributed by atoms with E-state index in [2.05, 4.69) is 11.0 Å². The van der Waals surface area contributed by atoms with Crippen molar-refractivity contribution in [1.29, 1.82) is 0 Å². The molecule has 2 heterocycles. The summed E-state index contributed by atoms with van der Waals surface area (Å²) in [6.07, 6.45) is 5.82. The Bertz CT molecular complexity index is 812. The molecule has 0 amide bonds. The summed E-state index contributed by atoms with van der Waals surface area (Å²) >= 11 is 0. The van der Waals surface area contributed by atoms with Crippen LogP contribution in [0.2, 0.25) is 0 Å². The molecule has 1 unspecified atom stereocenters. The van der Waals surface area contributed by atoms with E-state index in [0.29, 0.717) is 5.75 Å². The first-order valence-electron chi connectivity index (χ1n) is 10.8. The number of hydrogen-bond acceptors (Lipinski definition) is 6. The van der Waals surface area contributed by atoms with Crippen molar-refractivity contribution in [2.24, 2.45) is 11.7 Å². The highest BCUT2D eigenvalue weighted by atomic mass is 16.7. The van der Waals surface area contributed by atoms with Gasteiger partial charge >= 0.3 is 0 Å². The summed E-state index contributed by atoms with van der Waals surface area (Å²) < 4.78 is 17.5. The Balaban J connectivity index is 1.50. The first kappa shape index (κ1) is 17.5. The third-order valence-corrected chi connectivity index (χ3v) is 8.13. The molecule has 0 aromatic heterocycles. The zero-order chi connectivity index (χ0) is 19.1. The maximum absolute atomic E-state index is 12.3. The average Bonchev–Trinajstić information content (AvgIpc) is 3.42. The Kier molecular flexibility index (Phi) is 3.66. The molecule has 1 aromatic rings. The largest absolute Gasteiger partial charge is 0.484 e. The second kappa shape index (κ2) is 5.85. The fourth-order valence-electron chi connectivity index (χ4n) is 6.75. The molecule has 1 spiro atoms. The zero-order valence-electron chi connectivity index (χ0n) is 16.5. The van der Waals surface area contributed by atoms with Crippen LogP contribution < -0.4 is 15.2 Å². The molecule has 2 saturated carbocycles. The first-order valence-corrected chi connectivity index (χ1v) is 10.8. The smallest absolute Gasteiger partial charge is 0.188 e. The topological polar surface area (TPSA) is 77.2 Å². The molecule has 6 nitrogen and oxygen atoms in total. The van der Waals surface area contributed by atoms with E-state index in [0.717, 1.165) is 50.4 Å². The molecule has 3 aliphatic carbocycles. The van der Waals surface area contributed by atoms with Gasteiger partial charge in [-0.05, 0) is 62.6 Å². The van der Waals surface area contributed by atoms with Gasteiger partial charge in [0.15, 0.2) is 18.3 Å². The molecule has 152 valence electrons. The zero-order valence-corrected chi connectivity index (χ0v) is 16.5. The summed E-state index contributed by atoms with van der Waals surface area (Å²) in [5.74, 6) is 2.32. The van der Waals surface area contributed by atoms with Crippen LogP contribution >= 0.6 is 0 Å². The number of ether oxygens (including phenoxy) is 3. The fraction of sp³-hybridized carbons (Fsp3) is 0.727. The van der Waals surface area contributed by atoms with Crippen molar-refractivity contribution in [3.8, 4) is 11.5 Å². The van der Waals surface area contributed by atoms with Crippen LogP contribution in [0.3, 0.4) is 0 Å². The molecule has 6 rings (SSSR count). The van der Waals surface area contributed by atoms with Crippen LogP contribution in [-0.2, 0) is 16.6 Å². The van der Waals surface area contributed by atoms with E-state index in [4.69, 9.17) is 19.9 Å². The minimum atomic E-state index is -0.779. The van der Waals surface area contributed by atoms with E-state index in [9.17, 15) is 5.11 Å². The number of hydrogen-bond donors (Lipinski definition) is 2. The maximum Gasteiger partial charge on any atom is 0.188 e. The number of benzene rings is 1. The SMILES string of the molecule is COCOc1ccc2c3c1O[C@H]1[C@H](N)CCC4(O)[C@@H](C2)N(CC2CC2)CC[C@]314. The summed E-state index contributed by atoms with van der Waals surface area (Å²) in [7, 11) is 1.62. The predicted molar refractivity (Wildman–Crippen MR) is 104 cm³/mol. The van der Waals surface area contributed by atoms with Crippen molar-refractivity contribution in [1.82, 2.24) is 4.90 Å². The van der Waals surface area contributed by atoms with Crippen LogP contribution in [0.25, 0.3) is 0 Å². The van der Waals surface area contributed by atoms with Gasteiger partial charge in [-0.3, -0.25) is 4.90 Å². The Morgan fingerprint density at radius 2 is 2.14 bits per heavy atom. The summed E-state index contributed by atoms with van der Waals surface area (Å²) in [6, 6.07) is 4.26. The summed E-state index contributed by atoms with van der Waals surface area (Å²) in [6.45, 7) is 2.32. The summed E-state index contributed by atoms with van der Waals surface area (Å²) in [4.78, 5) is 2.58. The van der Waals surface area contributed by atoms with Crippen LogP contribution in [0.15, 0.2) is 12.1 Å². The van der Waals surface area contributed by atoms with E-state index in [-0.39, 0.29) is 25.0 Å². The second-order valence-corrected chi connectivity index (χ2v) is 9.52. The lowest BCUT2D eigenvalue weighted by Gasteiger charge is -2.64. The number of nitrogens with zero attached hydrogens (tertiary/aromatic N) is 1. The molecule has 1 aromatic carbocycles. The number of piperidine rings is 1. The Morgan fingerprint density at radius 1 is 1.29 bits per heavy atom. The van der Waals surface area contributed by atoms with Crippen molar-refractivity contribution < 1.29 is 19.3 Å². The second-order valence-electron chi connectivity index (χ2n) is 9.52. The van der Waals surface area contributed by atoms with Crippen LogP contribution in [0.4, 0.5) is 0 Å². The van der Waals surface area contributed by atoms with E-state index >= 15 is 0 Å². The summed E-state index contributed by atoms with van der Waals surface area (Å²) in [5, 5.41) is 12.3. The molecule has 2 aliphatic heterocycles. The molecule has 5 aliphatic rings. The highest BCUT2D eigenvalue weighted by molar-refractivity contribution is 5.63. The van der Waals surface area contributed by atoms with Gasteiger partial charge in [-0.15, -0.1) is 0 Å². The van der Waals surface area contributed by atoms with E-state index in [1.54, 1.807) is 7.11 Å². The van der Waals surface area contributed by atoms with E-state index in [1.807, 2.05) is 6.07 Å². The lowest BCUT2D eigenvalue weighted by Crippen LogP contribution is -2.77. The Morgan fingerprint density at radius 3 is 2.93 bits per heavy atom. The monoisotopic (exact) mass is 386 g/mol. The predicted octanol–water partition coefficient (Wildman–Crippen LogP) is 1.56.